The Morgan fingerprint density at radius 1 is 1.80 bits per heavy atom. The molecule has 0 spiro atoms. The SMILES string of the molecule is COc1ncc(CCO)s1. The van der Waals surface area contributed by atoms with E-state index >= 15 is 0 Å². The molecule has 0 aliphatic carbocycles. The van der Waals surface area contributed by atoms with E-state index in [1.807, 2.05) is 0 Å². The zero-order valence-corrected chi connectivity index (χ0v) is 6.52. The van der Waals surface area contributed by atoms with E-state index in [2.05, 4.69) is 4.98 Å². The summed E-state index contributed by atoms with van der Waals surface area (Å²) in [6.45, 7) is 0.172. The molecule has 0 aliphatic heterocycles. The number of aliphatic hydroxyl groups excluding tert-OH is 1. The fraction of sp³-hybridized carbons (Fsp3) is 0.500. The van der Waals surface area contributed by atoms with Crippen molar-refractivity contribution in [1.29, 1.82) is 0 Å². The summed E-state index contributed by atoms with van der Waals surface area (Å²) in [6.07, 6.45) is 2.39. The van der Waals surface area contributed by atoms with E-state index in [9.17, 15) is 0 Å². The molecule has 1 N–H and O–H groups in total. The smallest absolute Gasteiger partial charge is 0.273 e. The zero-order valence-electron chi connectivity index (χ0n) is 5.70. The topological polar surface area (TPSA) is 42.4 Å². The molecule has 0 bridgehead atoms. The number of methoxy groups -OCH3 is 1. The van der Waals surface area contributed by atoms with Gasteiger partial charge in [-0.25, -0.2) is 4.98 Å². The Morgan fingerprint density at radius 3 is 3.10 bits per heavy atom. The van der Waals surface area contributed by atoms with Gasteiger partial charge in [0.15, 0.2) is 0 Å². The lowest BCUT2D eigenvalue weighted by atomic mass is 10.4. The Hall–Kier alpha value is -0.610. The monoisotopic (exact) mass is 159 g/mol. The average molecular weight is 159 g/mol. The van der Waals surface area contributed by atoms with Gasteiger partial charge in [-0.05, 0) is 0 Å². The van der Waals surface area contributed by atoms with Crippen molar-refractivity contribution in [2.75, 3.05) is 13.7 Å². The Balaban J connectivity index is 2.59. The predicted molar refractivity (Wildman–Crippen MR) is 39.5 cm³/mol. The molecule has 0 saturated carbocycles. The third kappa shape index (κ3) is 1.68. The predicted octanol–water partition coefficient (Wildman–Crippen LogP) is 0.686. The summed E-state index contributed by atoms with van der Waals surface area (Å²) < 4.78 is 4.87. The van der Waals surface area contributed by atoms with Crippen LogP contribution in [0.5, 0.6) is 5.19 Å². The van der Waals surface area contributed by atoms with Crippen molar-refractivity contribution >= 4 is 11.3 Å². The first-order valence-corrected chi connectivity index (χ1v) is 3.78. The minimum Gasteiger partial charge on any atom is -0.473 e. The normalized spacial score (nSPS) is 9.80. The standard InChI is InChI=1S/C6H9NO2S/c1-9-6-7-4-5(10-6)2-3-8/h4,8H,2-3H2,1H3. The van der Waals surface area contributed by atoms with Crippen LogP contribution >= 0.6 is 11.3 Å². The summed E-state index contributed by atoms with van der Waals surface area (Å²) in [5, 5.41) is 9.20. The lowest BCUT2D eigenvalue weighted by molar-refractivity contribution is 0.300. The third-order valence-electron chi connectivity index (χ3n) is 1.07. The van der Waals surface area contributed by atoms with Crippen LogP contribution in [0.25, 0.3) is 0 Å². The van der Waals surface area contributed by atoms with Gasteiger partial charge in [0.25, 0.3) is 5.19 Å². The molecule has 1 heterocycles. The maximum absolute atomic E-state index is 8.54. The van der Waals surface area contributed by atoms with Crippen molar-refractivity contribution < 1.29 is 9.84 Å². The van der Waals surface area contributed by atoms with Gasteiger partial charge in [-0.2, -0.15) is 0 Å². The van der Waals surface area contributed by atoms with Crippen LogP contribution in [-0.4, -0.2) is 23.8 Å². The van der Waals surface area contributed by atoms with Gasteiger partial charge in [0, 0.05) is 24.1 Å². The number of rotatable bonds is 3. The van der Waals surface area contributed by atoms with E-state index in [4.69, 9.17) is 9.84 Å². The molecule has 0 atom stereocenters. The Morgan fingerprint density at radius 2 is 2.60 bits per heavy atom. The molecule has 4 heteroatoms. The molecular formula is C6H9NO2S. The summed E-state index contributed by atoms with van der Waals surface area (Å²) in [6, 6.07) is 0. The summed E-state index contributed by atoms with van der Waals surface area (Å²) in [4.78, 5) is 4.99. The Kier molecular flexibility index (Phi) is 2.65. The van der Waals surface area contributed by atoms with Crippen molar-refractivity contribution in [2.45, 2.75) is 6.42 Å². The van der Waals surface area contributed by atoms with Crippen molar-refractivity contribution in [3.63, 3.8) is 0 Å². The first-order valence-electron chi connectivity index (χ1n) is 2.96. The summed E-state index contributed by atoms with van der Waals surface area (Å²) in [7, 11) is 1.58. The van der Waals surface area contributed by atoms with Crippen LogP contribution < -0.4 is 4.74 Å². The summed E-state index contributed by atoms with van der Waals surface area (Å²) in [5.74, 6) is 0. The van der Waals surface area contributed by atoms with Gasteiger partial charge in [0.1, 0.15) is 0 Å². The average Bonchev–Trinajstić information content (AvgIpc) is 2.37. The second kappa shape index (κ2) is 3.53. The van der Waals surface area contributed by atoms with Gasteiger partial charge in [-0.3, -0.25) is 0 Å². The molecule has 3 nitrogen and oxygen atoms in total. The number of hydrogen-bond donors (Lipinski definition) is 1. The van der Waals surface area contributed by atoms with E-state index in [1.165, 1.54) is 11.3 Å². The maximum atomic E-state index is 8.54. The zero-order chi connectivity index (χ0) is 7.40. The van der Waals surface area contributed by atoms with Crippen LogP contribution in [0.1, 0.15) is 4.88 Å². The number of hydrogen-bond acceptors (Lipinski definition) is 4. The minimum atomic E-state index is 0.172. The first-order chi connectivity index (χ1) is 4.86. The van der Waals surface area contributed by atoms with Crippen molar-refractivity contribution in [3.8, 4) is 5.19 Å². The third-order valence-corrected chi connectivity index (χ3v) is 2.08. The largest absolute Gasteiger partial charge is 0.473 e. The highest BCUT2D eigenvalue weighted by atomic mass is 32.1. The summed E-state index contributed by atoms with van der Waals surface area (Å²) >= 11 is 1.46. The van der Waals surface area contributed by atoms with Gasteiger partial charge in [0.05, 0.1) is 7.11 Å². The van der Waals surface area contributed by atoms with Gasteiger partial charge in [-0.15, -0.1) is 0 Å². The molecule has 0 fully saturated rings. The van der Waals surface area contributed by atoms with Gasteiger partial charge in [-0.1, -0.05) is 11.3 Å². The number of ether oxygens (including phenoxy) is 1. The number of thiazole rings is 1. The lowest BCUT2D eigenvalue weighted by Gasteiger charge is -1.87. The molecule has 0 radical (unpaired) electrons. The van der Waals surface area contributed by atoms with Crippen LogP contribution in [0.4, 0.5) is 0 Å². The fourth-order valence-electron chi connectivity index (χ4n) is 0.610. The molecule has 0 saturated heterocycles. The minimum absolute atomic E-state index is 0.172. The van der Waals surface area contributed by atoms with E-state index < -0.39 is 0 Å². The molecule has 56 valence electrons. The highest BCUT2D eigenvalue weighted by Gasteiger charge is 1.98. The van der Waals surface area contributed by atoms with E-state index in [-0.39, 0.29) is 6.61 Å². The molecule has 1 rings (SSSR count). The van der Waals surface area contributed by atoms with Crippen molar-refractivity contribution in [2.24, 2.45) is 0 Å². The van der Waals surface area contributed by atoms with Crippen LogP contribution in [-0.2, 0) is 6.42 Å². The molecule has 10 heavy (non-hydrogen) atoms. The second-order valence-electron chi connectivity index (χ2n) is 1.77. The first kappa shape index (κ1) is 7.50. The van der Waals surface area contributed by atoms with Crippen molar-refractivity contribution in [3.05, 3.63) is 11.1 Å². The highest BCUT2D eigenvalue weighted by molar-refractivity contribution is 7.13. The number of aromatic nitrogens is 1. The molecule has 1 aromatic rings. The van der Waals surface area contributed by atoms with Crippen LogP contribution in [0.15, 0.2) is 6.20 Å². The van der Waals surface area contributed by atoms with Crippen LogP contribution in [0.3, 0.4) is 0 Å². The highest BCUT2D eigenvalue weighted by Crippen LogP contribution is 2.19. The number of aliphatic hydroxyl groups is 1. The molecule has 0 unspecified atom stereocenters. The molecule has 0 aromatic carbocycles. The van der Waals surface area contributed by atoms with E-state index in [0.717, 1.165) is 4.88 Å². The second-order valence-corrected chi connectivity index (χ2v) is 2.85. The van der Waals surface area contributed by atoms with E-state index in [1.54, 1.807) is 13.3 Å². The van der Waals surface area contributed by atoms with E-state index in [0.29, 0.717) is 11.6 Å². The van der Waals surface area contributed by atoms with Gasteiger partial charge in [0.2, 0.25) is 0 Å². The van der Waals surface area contributed by atoms with Gasteiger partial charge >= 0.3 is 0 Å². The summed E-state index contributed by atoms with van der Waals surface area (Å²) in [5.41, 5.74) is 0. The van der Waals surface area contributed by atoms with Gasteiger partial charge < -0.3 is 9.84 Å². The van der Waals surface area contributed by atoms with Crippen molar-refractivity contribution in [1.82, 2.24) is 4.98 Å². The molecular weight excluding hydrogens is 150 g/mol. The van der Waals surface area contributed by atoms with Crippen LogP contribution in [0, 0.1) is 0 Å². The number of nitrogens with zero attached hydrogens (tertiary/aromatic N) is 1. The fourth-order valence-corrected chi connectivity index (χ4v) is 1.32. The lowest BCUT2D eigenvalue weighted by Crippen LogP contribution is -1.84. The van der Waals surface area contributed by atoms with Crippen LogP contribution in [0.2, 0.25) is 0 Å². The maximum Gasteiger partial charge on any atom is 0.273 e. The Bertz CT molecular complexity index is 199. The molecule has 0 aliphatic rings. The Labute approximate surface area is 63.3 Å². The molecule has 0 amide bonds. The quantitative estimate of drug-likeness (QED) is 0.705. The molecule has 1 aromatic heterocycles.